The summed E-state index contributed by atoms with van der Waals surface area (Å²) in [6.45, 7) is 1.93. The SMILES string of the molecule is Cl.Cl.O=C(c1cccnc1)N(CC1CCCN1)C1CC1. The summed E-state index contributed by atoms with van der Waals surface area (Å²) in [6, 6.07) is 4.62. The highest BCUT2D eigenvalue weighted by Gasteiger charge is 2.34. The summed E-state index contributed by atoms with van der Waals surface area (Å²) in [6.07, 6.45) is 8.09. The van der Waals surface area contributed by atoms with Gasteiger partial charge in [-0.1, -0.05) is 0 Å². The van der Waals surface area contributed by atoms with Crippen molar-refractivity contribution in [3.8, 4) is 0 Å². The summed E-state index contributed by atoms with van der Waals surface area (Å²) in [4.78, 5) is 18.6. The van der Waals surface area contributed by atoms with Crippen molar-refractivity contribution in [3.63, 3.8) is 0 Å². The number of aromatic nitrogens is 1. The van der Waals surface area contributed by atoms with Gasteiger partial charge in [0.2, 0.25) is 0 Å². The minimum atomic E-state index is 0. The molecule has 1 atom stereocenters. The quantitative estimate of drug-likeness (QED) is 0.926. The summed E-state index contributed by atoms with van der Waals surface area (Å²) < 4.78 is 0. The predicted molar refractivity (Wildman–Crippen MR) is 83.8 cm³/mol. The number of carbonyl (C=O) groups excluding carboxylic acids is 1. The highest BCUT2D eigenvalue weighted by Crippen LogP contribution is 2.29. The maximum Gasteiger partial charge on any atom is 0.255 e. The highest BCUT2D eigenvalue weighted by molar-refractivity contribution is 5.94. The first-order valence-electron chi connectivity index (χ1n) is 6.79. The molecule has 1 N–H and O–H groups in total. The number of rotatable bonds is 4. The molecule has 0 bridgehead atoms. The summed E-state index contributed by atoms with van der Waals surface area (Å²) in [7, 11) is 0. The molecule has 20 heavy (non-hydrogen) atoms. The maximum atomic E-state index is 12.5. The third-order valence-electron chi connectivity index (χ3n) is 3.74. The van der Waals surface area contributed by atoms with Crippen LogP contribution in [0.15, 0.2) is 24.5 Å². The Hall–Kier alpha value is -0.840. The van der Waals surface area contributed by atoms with Gasteiger partial charge in [-0.15, -0.1) is 24.8 Å². The molecule has 1 unspecified atom stereocenters. The third kappa shape index (κ3) is 4.08. The Kier molecular flexibility index (Phi) is 6.72. The standard InChI is InChI=1S/C14H19N3O.2ClH/c18-14(11-3-1-7-15-9-11)17(13-5-6-13)10-12-4-2-8-16-12;;/h1,3,7,9,12-13,16H,2,4-6,8,10H2;2*1H. The summed E-state index contributed by atoms with van der Waals surface area (Å²) in [5.41, 5.74) is 0.711. The lowest BCUT2D eigenvalue weighted by atomic mass is 10.2. The number of halogens is 2. The van der Waals surface area contributed by atoms with Crippen LogP contribution in [0.3, 0.4) is 0 Å². The molecule has 1 saturated heterocycles. The van der Waals surface area contributed by atoms with E-state index in [1.54, 1.807) is 12.4 Å². The fourth-order valence-corrected chi connectivity index (χ4v) is 2.59. The number of hydrogen-bond acceptors (Lipinski definition) is 3. The van der Waals surface area contributed by atoms with Gasteiger partial charge >= 0.3 is 0 Å². The molecule has 1 aromatic rings. The molecule has 3 rings (SSSR count). The van der Waals surface area contributed by atoms with Crippen molar-refractivity contribution in [2.75, 3.05) is 13.1 Å². The van der Waals surface area contributed by atoms with Crippen LogP contribution in [0.5, 0.6) is 0 Å². The number of nitrogens with one attached hydrogen (secondary N) is 1. The molecule has 0 aromatic carbocycles. The van der Waals surface area contributed by atoms with Gasteiger partial charge in [-0.05, 0) is 44.4 Å². The van der Waals surface area contributed by atoms with Gasteiger partial charge in [-0.2, -0.15) is 0 Å². The van der Waals surface area contributed by atoms with Gasteiger partial charge in [0.15, 0.2) is 0 Å². The summed E-state index contributed by atoms with van der Waals surface area (Å²) >= 11 is 0. The second-order valence-corrected chi connectivity index (χ2v) is 5.22. The Labute approximate surface area is 132 Å². The van der Waals surface area contributed by atoms with E-state index in [4.69, 9.17) is 0 Å². The van der Waals surface area contributed by atoms with E-state index in [2.05, 4.69) is 10.3 Å². The fourth-order valence-electron chi connectivity index (χ4n) is 2.59. The lowest BCUT2D eigenvalue weighted by molar-refractivity contribution is 0.0728. The zero-order chi connectivity index (χ0) is 12.4. The van der Waals surface area contributed by atoms with E-state index in [1.807, 2.05) is 17.0 Å². The molecule has 6 heteroatoms. The van der Waals surface area contributed by atoms with Crippen molar-refractivity contribution in [2.24, 2.45) is 0 Å². The zero-order valence-electron chi connectivity index (χ0n) is 11.3. The molecule has 1 aliphatic heterocycles. The number of hydrogen-bond donors (Lipinski definition) is 1. The van der Waals surface area contributed by atoms with Crippen molar-refractivity contribution in [3.05, 3.63) is 30.1 Å². The molecule has 4 nitrogen and oxygen atoms in total. The molecule has 1 amide bonds. The van der Waals surface area contributed by atoms with E-state index in [-0.39, 0.29) is 30.7 Å². The number of pyridine rings is 1. The van der Waals surface area contributed by atoms with Crippen LogP contribution in [0.4, 0.5) is 0 Å². The van der Waals surface area contributed by atoms with Crippen LogP contribution < -0.4 is 5.32 Å². The second kappa shape index (κ2) is 7.81. The first kappa shape index (κ1) is 17.2. The summed E-state index contributed by atoms with van der Waals surface area (Å²) in [5, 5.41) is 3.47. The van der Waals surface area contributed by atoms with Gasteiger partial charge in [-0.25, -0.2) is 0 Å². The predicted octanol–water partition coefficient (Wildman–Crippen LogP) is 2.28. The average Bonchev–Trinajstić information content (AvgIpc) is 3.13. The third-order valence-corrected chi connectivity index (χ3v) is 3.74. The number of amides is 1. The minimum Gasteiger partial charge on any atom is -0.334 e. The van der Waals surface area contributed by atoms with E-state index in [9.17, 15) is 4.79 Å². The van der Waals surface area contributed by atoms with Crippen LogP contribution in [-0.2, 0) is 0 Å². The van der Waals surface area contributed by atoms with E-state index in [0.29, 0.717) is 17.6 Å². The van der Waals surface area contributed by atoms with E-state index >= 15 is 0 Å². The van der Waals surface area contributed by atoms with Crippen molar-refractivity contribution < 1.29 is 4.79 Å². The molecule has 1 aliphatic carbocycles. The van der Waals surface area contributed by atoms with Crippen LogP contribution in [0, 0.1) is 0 Å². The van der Waals surface area contributed by atoms with Crippen LogP contribution in [0.2, 0.25) is 0 Å². The molecule has 2 heterocycles. The second-order valence-electron chi connectivity index (χ2n) is 5.22. The van der Waals surface area contributed by atoms with E-state index in [1.165, 1.54) is 12.8 Å². The van der Waals surface area contributed by atoms with Crippen LogP contribution in [0.1, 0.15) is 36.0 Å². The molecule has 1 aromatic heterocycles. The van der Waals surface area contributed by atoms with Crippen LogP contribution in [-0.4, -0.2) is 41.0 Å². The van der Waals surface area contributed by atoms with Gasteiger partial charge in [0.25, 0.3) is 5.91 Å². The molecule has 1 saturated carbocycles. The van der Waals surface area contributed by atoms with E-state index in [0.717, 1.165) is 25.9 Å². The van der Waals surface area contributed by atoms with Crippen LogP contribution in [0.25, 0.3) is 0 Å². The fraction of sp³-hybridized carbons (Fsp3) is 0.571. The molecular weight excluding hydrogens is 297 g/mol. The number of nitrogens with zero attached hydrogens (tertiary/aromatic N) is 2. The van der Waals surface area contributed by atoms with Gasteiger partial charge in [0.1, 0.15) is 0 Å². The van der Waals surface area contributed by atoms with Crippen molar-refractivity contribution in [2.45, 2.75) is 37.8 Å². The van der Waals surface area contributed by atoms with E-state index < -0.39 is 0 Å². The van der Waals surface area contributed by atoms with Crippen molar-refractivity contribution >= 4 is 30.7 Å². The topological polar surface area (TPSA) is 45.2 Å². The van der Waals surface area contributed by atoms with Gasteiger partial charge < -0.3 is 10.2 Å². The smallest absolute Gasteiger partial charge is 0.255 e. The lowest BCUT2D eigenvalue weighted by Crippen LogP contribution is -2.42. The Morgan fingerprint density at radius 3 is 2.70 bits per heavy atom. The molecule has 0 spiro atoms. The molecule has 0 radical (unpaired) electrons. The minimum absolute atomic E-state index is 0. The zero-order valence-corrected chi connectivity index (χ0v) is 13.0. The lowest BCUT2D eigenvalue weighted by Gasteiger charge is -2.25. The average molecular weight is 318 g/mol. The Morgan fingerprint density at radius 1 is 1.35 bits per heavy atom. The molecule has 112 valence electrons. The molecule has 2 aliphatic rings. The number of carbonyl (C=O) groups is 1. The van der Waals surface area contributed by atoms with Gasteiger partial charge in [0.05, 0.1) is 5.56 Å². The summed E-state index contributed by atoms with van der Waals surface area (Å²) in [5.74, 6) is 0.138. The monoisotopic (exact) mass is 317 g/mol. The van der Waals surface area contributed by atoms with Crippen LogP contribution >= 0.6 is 24.8 Å². The highest BCUT2D eigenvalue weighted by atomic mass is 35.5. The molecule has 2 fully saturated rings. The largest absolute Gasteiger partial charge is 0.334 e. The van der Waals surface area contributed by atoms with Gasteiger partial charge in [-0.3, -0.25) is 9.78 Å². The molecular formula is C14H21Cl2N3O. The van der Waals surface area contributed by atoms with Crippen molar-refractivity contribution in [1.82, 2.24) is 15.2 Å². The Balaban J connectivity index is 0.000001000. The first-order valence-corrected chi connectivity index (χ1v) is 6.79. The maximum absolute atomic E-state index is 12.5. The Morgan fingerprint density at radius 2 is 2.15 bits per heavy atom. The van der Waals surface area contributed by atoms with Crippen molar-refractivity contribution in [1.29, 1.82) is 0 Å². The normalized spacial score (nSPS) is 20.7. The Bertz CT molecular complexity index is 420. The van der Waals surface area contributed by atoms with Gasteiger partial charge in [0, 0.05) is 31.0 Å². The first-order chi connectivity index (χ1) is 8.84.